The van der Waals surface area contributed by atoms with Gasteiger partial charge in [0.15, 0.2) is 0 Å². The second kappa shape index (κ2) is 16.1. The summed E-state index contributed by atoms with van der Waals surface area (Å²) in [6.07, 6.45) is 4.83. The molecule has 0 aromatic rings. The number of nitrogens with two attached hydrogens (primary N) is 1. The van der Waals surface area contributed by atoms with Gasteiger partial charge in [0, 0.05) is 0 Å². The van der Waals surface area contributed by atoms with Crippen molar-refractivity contribution >= 4 is 6.34 Å². The van der Waals surface area contributed by atoms with E-state index in [4.69, 9.17) is 5.41 Å². The molecule has 0 spiro atoms. The molecule has 0 heterocycles. The van der Waals surface area contributed by atoms with Crippen LogP contribution in [-0.4, -0.2) is 6.34 Å². The first-order valence-electron chi connectivity index (χ1n) is 3.04. The summed E-state index contributed by atoms with van der Waals surface area (Å²) in [5, 5.41) is 5.86. The van der Waals surface area contributed by atoms with E-state index in [1.807, 2.05) is 0 Å². The molecule has 0 bridgehead atoms. The molecular formula is C6H16N2. The average Bonchev–Trinajstić information content (AvgIpc) is 1.71. The molecule has 3 N–H and O–H groups in total. The largest absolute Gasteiger partial charge is 0.390 e. The van der Waals surface area contributed by atoms with Crippen molar-refractivity contribution in [2.75, 3.05) is 0 Å². The molecule has 0 radical (unpaired) electrons. The maximum Gasteiger partial charge on any atom is 0.0765 e. The molecule has 0 unspecified atom stereocenters. The monoisotopic (exact) mass is 116 g/mol. The van der Waals surface area contributed by atoms with E-state index in [1.165, 1.54) is 19.3 Å². The maximum absolute atomic E-state index is 5.86. The van der Waals surface area contributed by atoms with E-state index in [-0.39, 0.29) is 0 Å². The zero-order valence-electron chi connectivity index (χ0n) is 5.78. The molecule has 0 aromatic heterocycles. The highest BCUT2D eigenvalue weighted by Gasteiger charge is 1.68. The fraction of sp³-hybridized carbons (Fsp3) is 0.833. The van der Waals surface area contributed by atoms with Crippen molar-refractivity contribution < 1.29 is 0 Å². The van der Waals surface area contributed by atoms with Gasteiger partial charge < -0.3 is 5.73 Å². The lowest BCUT2D eigenvalue weighted by Gasteiger charge is -1.79. The first-order valence-corrected chi connectivity index (χ1v) is 3.04. The summed E-state index contributed by atoms with van der Waals surface area (Å²) in [6.45, 7) is 4.42. The van der Waals surface area contributed by atoms with Gasteiger partial charge in [0.2, 0.25) is 0 Å². The molecular weight excluding hydrogens is 100 g/mol. The van der Waals surface area contributed by atoms with Crippen LogP contribution in [0, 0.1) is 5.41 Å². The van der Waals surface area contributed by atoms with Gasteiger partial charge in [-0.25, -0.2) is 0 Å². The summed E-state index contributed by atoms with van der Waals surface area (Å²) < 4.78 is 0. The van der Waals surface area contributed by atoms with Crippen LogP contribution in [0.5, 0.6) is 0 Å². The van der Waals surface area contributed by atoms with Gasteiger partial charge in [0.1, 0.15) is 0 Å². The highest BCUT2D eigenvalue weighted by Crippen LogP contribution is 1.88. The molecule has 0 aliphatic carbocycles. The van der Waals surface area contributed by atoms with E-state index in [2.05, 4.69) is 19.6 Å². The minimum atomic E-state index is 0.750. The van der Waals surface area contributed by atoms with Gasteiger partial charge >= 0.3 is 0 Å². The highest BCUT2D eigenvalue weighted by atomic mass is 14.6. The molecule has 0 atom stereocenters. The molecule has 0 saturated heterocycles. The molecule has 0 fully saturated rings. The van der Waals surface area contributed by atoms with Gasteiger partial charge in [0.05, 0.1) is 6.34 Å². The van der Waals surface area contributed by atoms with Crippen molar-refractivity contribution in [1.82, 2.24) is 0 Å². The third-order valence-electron chi connectivity index (χ3n) is 0.707. The van der Waals surface area contributed by atoms with Crippen LogP contribution in [0.4, 0.5) is 0 Å². The Kier molecular flexibility index (Phi) is 21.0. The normalized spacial score (nSPS) is 6.75. The summed E-state index contributed by atoms with van der Waals surface area (Å²) in [7, 11) is 0. The lowest BCUT2D eigenvalue weighted by atomic mass is 10.3. The Morgan fingerprint density at radius 1 is 1.38 bits per heavy atom. The average molecular weight is 116 g/mol. The maximum atomic E-state index is 5.86. The Bertz CT molecular complexity index is 33.5. The van der Waals surface area contributed by atoms with Gasteiger partial charge in [-0.1, -0.05) is 33.1 Å². The number of nitrogens with one attached hydrogen (secondary N) is 1. The summed E-state index contributed by atoms with van der Waals surface area (Å²) in [5.41, 5.74) is 4.39. The van der Waals surface area contributed by atoms with Gasteiger partial charge in [-0.15, -0.1) is 0 Å². The highest BCUT2D eigenvalue weighted by molar-refractivity contribution is 5.46. The Labute approximate surface area is 51.6 Å². The third kappa shape index (κ3) is 50.6. The summed E-state index contributed by atoms with van der Waals surface area (Å²) in [4.78, 5) is 0. The van der Waals surface area contributed by atoms with E-state index >= 15 is 0 Å². The summed E-state index contributed by atoms with van der Waals surface area (Å²) in [5.74, 6) is 0. The molecule has 0 saturated carbocycles. The number of unbranched alkanes of at least 4 members (excludes halogenated alkanes) is 2. The second-order valence-electron chi connectivity index (χ2n) is 1.52. The van der Waals surface area contributed by atoms with E-state index in [1.54, 1.807) is 0 Å². The Morgan fingerprint density at radius 3 is 1.62 bits per heavy atom. The molecule has 8 heavy (non-hydrogen) atoms. The molecule has 0 rings (SSSR count). The zero-order chi connectivity index (χ0) is 6.83. The fourth-order valence-electron chi connectivity index (χ4n) is 0.354. The Morgan fingerprint density at radius 2 is 1.62 bits per heavy atom. The van der Waals surface area contributed by atoms with Crippen molar-refractivity contribution in [3.05, 3.63) is 0 Å². The predicted molar refractivity (Wildman–Crippen MR) is 38.2 cm³/mol. The quantitative estimate of drug-likeness (QED) is 0.419. The first kappa shape index (κ1) is 10.5. The van der Waals surface area contributed by atoms with Gasteiger partial charge in [0.25, 0.3) is 0 Å². The minimum absolute atomic E-state index is 0.750. The zero-order valence-corrected chi connectivity index (χ0v) is 5.78. The third-order valence-corrected chi connectivity index (χ3v) is 0.707. The van der Waals surface area contributed by atoms with Gasteiger partial charge in [-0.3, -0.25) is 5.41 Å². The predicted octanol–water partition coefficient (Wildman–Crippen LogP) is 1.75. The topological polar surface area (TPSA) is 49.9 Å². The minimum Gasteiger partial charge on any atom is -0.390 e. The van der Waals surface area contributed by atoms with Crippen LogP contribution in [0.2, 0.25) is 0 Å². The fourth-order valence-corrected chi connectivity index (χ4v) is 0.354. The lowest BCUT2D eigenvalue weighted by Crippen LogP contribution is -1.81. The number of rotatable bonds is 2. The Hall–Kier alpha value is -0.530. The molecule has 0 aliphatic heterocycles. The van der Waals surface area contributed by atoms with Crippen molar-refractivity contribution in [2.24, 2.45) is 5.73 Å². The molecule has 2 nitrogen and oxygen atoms in total. The lowest BCUT2D eigenvalue weighted by molar-refractivity contribution is 0.772. The number of hydrogen-bond donors (Lipinski definition) is 2. The molecule has 2 heteroatoms. The van der Waals surface area contributed by atoms with Gasteiger partial charge in [-0.05, 0) is 0 Å². The van der Waals surface area contributed by atoms with Gasteiger partial charge in [-0.2, -0.15) is 0 Å². The van der Waals surface area contributed by atoms with Crippen LogP contribution >= 0.6 is 0 Å². The van der Waals surface area contributed by atoms with Crippen LogP contribution in [0.3, 0.4) is 0 Å². The van der Waals surface area contributed by atoms with Crippen LogP contribution in [0.1, 0.15) is 33.1 Å². The van der Waals surface area contributed by atoms with Crippen molar-refractivity contribution in [1.29, 1.82) is 5.41 Å². The number of hydrogen-bond acceptors (Lipinski definition) is 1. The molecule has 50 valence electrons. The van der Waals surface area contributed by atoms with E-state index < -0.39 is 0 Å². The smallest absolute Gasteiger partial charge is 0.0765 e. The molecule has 0 aliphatic rings. The molecule has 0 aromatic carbocycles. The van der Waals surface area contributed by atoms with Crippen molar-refractivity contribution in [3.63, 3.8) is 0 Å². The summed E-state index contributed by atoms with van der Waals surface area (Å²) >= 11 is 0. The first-order chi connectivity index (χ1) is 3.83. The van der Waals surface area contributed by atoms with Crippen LogP contribution < -0.4 is 5.73 Å². The van der Waals surface area contributed by atoms with Crippen LogP contribution in [0.15, 0.2) is 0 Å². The van der Waals surface area contributed by atoms with Crippen molar-refractivity contribution in [3.8, 4) is 0 Å². The van der Waals surface area contributed by atoms with Crippen LogP contribution in [-0.2, 0) is 0 Å². The van der Waals surface area contributed by atoms with E-state index in [0.717, 1.165) is 6.34 Å². The van der Waals surface area contributed by atoms with Crippen LogP contribution in [0.25, 0.3) is 0 Å². The van der Waals surface area contributed by atoms with E-state index in [9.17, 15) is 0 Å². The standard InChI is InChI=1S/C5H12.CH4N2/c1-3-5-4-2;2-1-3/h3-5H2,1-2H3;1H,(H3,2,3). The Balaban J connectivity index is 0. The molecule has 0 amide bonds. The van der Waals surface area contributed by atoms with Crippen molar-refractivity contribution in [2.45, 2.75) is 33.1 Å². The van der Waals surface area contributed by atoms with E-state index in [0.29, 0.717) is 0 Å². The summed E-state index contributed by atoms with van der Waals surface area (Å²) in [6, 6.07) is 0. The second-order valence-corrected chi connectivity index (χ2v) is 1.52. The SMILES string of the molecule is CCCCC.N=CN.